The lowest BCUT2D eigenvalue weighted by molar-refractivity contribution is -0.162. The number of anilines is 1. The molecule has 1 unspecified atom stereocenters. The van der Waals surface area contributed by atoms with Crippen LogP contribution >= 0.6 is 11.8 Å². The first kappa shape index (κ1) is 28.9. The average molecular weight is 592 g/mol. The number of aryl methyl sites for hydroxylation is 2. The summed E-state index contributed by atoms with van der Waals surface area (Å²) in [5.74, 6) is -3.96. The molecule has 3 amide bonds. The van der Waals surface area contributed by atoms with E-state index in [-0.39, 0.29) is 34.3 Å². The van der Waals surface area contributed by atoms with E-state index in [1.54, 1.807) is 5.32 Å². The van der Waals surface area contributed by atoms with Crippen molar-refractivity contribution in [1.82, 2.24) is 19.5 Å². The fourth-order valence-electron chi connectivity index (χ4n) is 4.36. The van der Waals surface area contributed by atoms with E-state index in [1.807, 2.05) is 0 Å². The highest BCUT2D eigenvalue weighted by atomic mass is 32.2. The Hall–Kier alpha value is -3.11. The highest BCUT2D eigenvalue weighted by molar-refractivity contribution is 8.00. The summed E-state index contributed by atoms with van der Waals surface area (Å²) >= 11 is 1.08. The molecule has 2 aliphatic rings. The molecular weight excluding hydrogens is 566 g/mol. The minimum absolute atomic E-state index is 0.0484. The number of sulfonamides is 1. The van der Waals surface area contributed by atoms with Gasteiger partial charge in [-0.25, -0.2) is 17.5 Å². The van der Waals surface area contributed by atoms with E-state index in [0.29, 0.717) is 18.2 Å². The van der Waals surface area contributed by atoms with Crippen molar-refractivity contribution in [3.8, 4) is 0 Å². The maximum Gasteiger partial charge on any atom is 0.408 e. The molecule has 0 saturated carbocycles. The predicted molar refractivity (Wildman–Crippen MR) is 133 cm³/mol. The SMILES string of the molecule is Cc1cc(NC(=O)c2c3c(cn2C)S(=O)(=O)N[C@H]2CN(C(=O)C(=O)NC(C)C(F)(F)F)C[C@H]2CS3)ccc1F. The number of nitrogens with one attached hydrogen (secondary N) is 3. The quantitative estimate of drug-likeness (QED) is 0.370. The standard InChI is InChI=1S/C23H25F4N5O5S2/c1-11-6-14(4-5-15(11)24)29-20(33)18-19-17(9-31(18)3)39(36,37)30-16-8-32(7-13(16)10-38-19)22(35)21(34)28-12(2)23(25,26)27/h4-6,9,12-13,16,30H,7-8,10H2,1-3H3,(H,28,34)(H,29,33)/t12?,13-,16-/m0/s1. The number of nitrogens with zero attached hydrogens (tertiary/aromatic N) is 2. The Morgan fingerprint density at radius 1 is 1.21 bits per heavy atom. The molecular formula is C23H25F4N5O5S2. The lowest BCUT2D eigenvalue weighted by atomic mass is 10.1. The van der Waals surface area contributed by atoms with Crippen molar-refractivity contribution in [2.45, 2.75) is 41.9 Å². The van der Waals surface area contributed by atoms with Gasteiger partial charge in [-0.15, -0.1) is 11.8 Å². The van der Waals surface area contributed by atoms with Crippen molar-refractivity contribution in [2.24, 2.45) is 13.0 Å². The lowest BCUT2D eigenvalue weighted by Crippen LogP contribution is -2.50. The van der Waals surface area contributed by atoms with Gasteiger partial charge in [0.1, 0.15) is 22.4 Å². The van der Waals surface area contributed by atoms with Crippen LogP contribution in [0.2, 0.25) is 0 Å². The second-order valence-corrected chi connectivity index (χ2v) is 12.2. The number of carbonyl (C=O) groups excluding carboxylic acids is 3. The molecule has 3 heterocycles. The largest absolute Gasteiger partial charge is 0.408 e. The fourth-order valence-corrected chi connectivity index (χ4v) is 7.58. The molecule has 0 aliphatic carbocycles. The number of likely N-dealkylation sites (tertiary alicyclic amines) is 1. The van der Waals surface area contributed by atoms with Crippen molar-refractivity contribution in [3.63, 3.8) is 0 Å². The smallest absolute Gasteiger partial charge is 0.344 e. The highest BCUT2D eigenvalue weighted by Gasteiger charge is 2.44. The number of hydrogen-bond acceptors (Lipinski definition) is 6. The van der Waals surface area contributed by atoms with E-state index < -0.39 is 57.7 Å². The van der Waals surface area contributed by atoms with Gasteiger partial charge in [0.25, 0.3) is 5.91 Å². The summed E-state index contributed by atoms with van der Waals surface area (Å²) in [5.41, 5.74) is 0.671. The third-order valence-electron chi connectivity index (χ3n) is 6.53. The summed E-state index contributed by atoms with van der Waals surface area (Å²) in [6.07, 6.45) is -3.46. The summed E-state index contributed by atoms with van der Waals surface area (Å²) in [6, 6.07) is 0.968. The van der Waals surface area contributed by atoms with Gasteiger partial charge in [0, 0.05) is 49.7 Å². The van der Waals surface area contributed by atoms with Crippen LogP contribution < -0.4 is 15.4 Å². The third kappa shape index (κ3) is 5.91. The molecule has 212 valence electrons. The van der Waals surface area contributed by atoms with Crippen molar-refractivity contribution in [1.29, 1.82) is 0 Å². The molecule has 10 nitrogen and oxygen atoms in total. The normalized spacial score (nSPS) is 21.3. The number of halogens is 4. The molecule has 0 bridgehead atoms. The lowest BCUT2D eigenvalue weighted by Gasteiger charge is -2.22. The number of thioether (sulfide) groups is 1. The Kier molecular flexibility index (Phi) is 7.75. The zero-order valence-corrected chi connectivity index (χ0v) is 22.6. The number of rotatable bonds is 3. The molecule has 2 aliphatic heterocycles. The molecule has 1 aromatic carbocycles. The van der Waals surface area contributed by atoms with Crippen LogP contribution in [0.1, 0.15) is 23.0 Å². The van der Waals surface area contributed by atoms with Crippen LogP contribution in [0.25, 0.3) is 0 Å². The molecule has 1 aromatic heterocycles. The van der Waals surface area contributed by atoms with Crippen LogP contribution in [0.3, 0.4) is 0 Å². The van der Waals surface area contributed by atoms with E-state index in [0.717, 1.165) is 16.7 Å². The maximum absolute atomic E-state index is 13.6. The molecule has 16 heteroatoms. The number of aromatic nitrogens is 1. The molecule has 0 spiro atoms. The molecule has 0 radical (unpaired) electrons. The van der Waals surface area contributed by atoms with Crippen molar-refractivity contribution >= 4 is 45.2 Å². The van der Waals surface area contributed by atoms with Crippen molar-refractivity contribution < 1.29 is 40.4 Å². The van der Waals surface area contributed by atoms with Gasteiger partial charge in [-0.2, -0.15) is 13.2 Å². The van der Waals surface area contributed by atoms with Crippen LogP contribution in [0, 0.1) is 18.7 Å². The van der Waals surface area contributed by atoms with Crippen LogP contribution in [0.5, 0.6) is 0 Å². The van der Waals surface area contributed by atoms with Gasteiger partial charge in [0.05, 0.1) is 4.90 Å². The molecule has 1 saturated heterocycles. The Balaban J connectivity index is 1.54. The van der Waals surface area contributed by atoms with Crippen molar-refractivity contribution in [2.75, 3.05) is 24.2 Å². The second-order valence-electron chi connectivity index (χ2n) is 9.45. The monoisotopic (exact) mass is 591 g/mol. The predicted octanol–water partition coefficient (Wildman–Crippen LogP) is 2.00. The summed E-state index contributed by atoms with van der Waals surface area (Å²) in [6.45, 7) is 1.95. The number of benzene rings is 1. The summed E-state index contributed by atoms with van der Waals surface area (Å²) in [5, 5.41) is 4.26. The van der Waals surface area contributed by atoms with Crippen molar-refractivity contribution in [3.05, 3.63) is 41.5 Å². The van der Waals surface area contributed by atoms with E-state index in [2.05, 4.69) is 10.0 Å². The Morgan fingerprint density at radius 3 is 2.54 bits per heavy atom. The third-order valence-corrected chi connectivity index (χ3v) is 9.46. The zero-order valence-electron chi connectivity index (χ0n) is 20.9. The number of alkyl halides is 3. The van der Waals surface area contributed by atoms with Gasteiger partial charge in [0.15, 0.2) is 0 Å². The summed E-state index contributed by atoms with van der Waals surface area (Å²) < 4.78 is 82.3. The minimum Gasteiger partial charge on any atom is -0.344 e. The number of hydrogen-bond donors (Lipinski definition) is 3. The van der Waals surface area contributed by atoms with Crippen LogP contribution in [0.4, 0.5) is 23.2 Å². The van der Waals surface area contributed by atoms with Gasteiger partial charge >= 0.3 is 18.0 Å². The first-order valence-corrected chi connectivity index (χ1v) is 14.1. The van der Waals surface area contributed by atoms with Crippen LogP contribution in [-0.4, -0.2) is 72.7 Å². The molecule has 3 N–H and O–H groups in total. The van der Waals surface area contributed by atoms with E-state index >= 15 is 0 Å². The van der Waals surface area contributed by atoms with E-state index in [9.17, 15) is 40.4 Å². The van der Waals surface area contributed by atoms with E-state index in [1.165, 1.54) is 42.9 Å². The Bertz CT molecular complexity index is 1440. The number of fused-ring (bicyclic) bond motifs is 2. The molecule has 39 heavy (non-hydrogen) atoms. The summed E-state index contributed by atoms with van der Waals surface area (Å²) in [7, 11) is -2.69. The topological polar surface area (TPSA) is 130 Å². The highest BCUT2D eigenvalue weighted by Crippen LogP contribution is 2.38. The van der Waals surface area contributed by atoms with Gasteiger partial charge in [0.2, 0.25) is 10.0 Å². The van der Waals surface area contributed by atoms with Gasteiger partial charge in [-0.3, -0.25) is 14.4 Å². The summed E-state index contributed by atoms with van der Waals surface area (Å²) in [4.78, 5) is 38.8. The maximum atomic E-state index is 13.6. The number of carbonyl (C=O) groups is 3. The molecule has 1 fully saturated rings. The van der Waals surface area contributed by atoms with Crippen LogP contribution in [-0.2, 0) is 26.7 Å². The van der Waals surface area contributed by atoms with E-state index in [4.69, 9.17) is 0 Å². The van der Waals surface area contributed by atoms with Crippen LogP contribution in [0.15, 0.2) is 34.2 Å². The Labute approximate surface area is 225 Å². The molecule has 3 atom stereocenters. The second kappa shape index (κ2) is 10.5. The minimum atomic E-state index is -4.73. The molecule has 2 aromatic rings. The first-order chi connectivity index (χ1) is 18.1. The first-order valence-electron chi connectivity index (χ1n) is 11.7. The van der Waals surface area contributed by atoms with Gasteiger partial charge in [-0.05, 0) is 37.6 Å². The Morgan fingerprint density at radius 2 is 1.90 bits per heavy atom. The molecule has 4 rings (SSSR count). The fraction of sp³-hybridized carbons (Fsp3) is 0.435. The average Bonchev–Trinajstić information content (AvgIpc) is 3.38. The number of amides is 3. The van der Waals surface area contributed by atoms with Gasteiger partial charge in [-0.1, -0.05) is 0 Å². The zero-order chi connectivity index (χ0) is 28.9. The van der Waals surface area contributed by atoms with Gasteiger partial charge < -0.3 is 20.1 Å².